The van der Waals surface area contributed by atoms with Gasteiger partial charge in [0.25, 0.3) is 0 Å². The van der Waals surface area contributed by atoms with E-state index in [9.17, 15) is 4.79 Å². The van der Waals surface area contributed by atoms with E-state index < -0.39 is 0 Å². The van der Waals surface area contributed by atoms with E-state index in [2.05, 4.69) is 27.9 Å². The number of hydrogen-bond donors (Lipinski definition) is 2. The summed E-state index contributed by atoms with van der Waals surface area (Å²) in [6.45, 7) is 4.18. The molecule has 0 fully saturated rings. The number of hydrogen-bond acceptors (Lipinski definition) is 3. The molecule has 100 valence electrons. The summed E-state index contributed by atoms with van der Waals surface area (Å²) in [6, 6.07) is 5.94. The number of aliphatic hydroxyl groups is 1. The fourth-order valence-corrected chi connectivity index (χ4v) is 2.86. The summed E-state index contributed by atoms with van der Waals surface area (Å²) in [7, 11) is 0. The van der Waals surface area contributed by atoms with E-state index in [1.165, 1.54) is 0 Å². The van der Waals surface area contributed by atoms with Crippen molar-refractivity contribution in [1.29, 1.82) is 0 Å². The predicted octanol–water partition coefficient (Wildman–Crippen LogP) is 3.04. The van der Waals surface area contributed by atoms with E-state index in [0.29, 0.717) is 11.0 Å². The van der Waals surface area contributed by atoms with Gasteiger partial charge in [-0.25, -0.2) is 0 Å². The summed E-state index contributed by atoms with van der Waals surface area (Å²) < 4.78 is 1.16. The van der Waals surface area contributed by atoms with Crippen LogP contribution in [0.15, 0.2) is 18.2 Å². The number of amides is 1. The first-order chi connectivity index (χ1) is 8.52. The molecule has 0 aromatic heterocycles. The van der Waals surface area contributed by atoms with Crippen molar-refractivity contribution in [1.82, 2.24) is 0 Å². The second-order valence-electron chi connectivity index (χ2n) is 4.14. The molecule has 0 spiro atoms. The lowest BCUT2D eigenvalue weighted by Crippen LogP contribution is -2.16. The molecular weight excluding hydrogens is 361 g/mol. The first kappa shape index (κ1) is 15.8. The Morgan fingerprint density at radius 1 is 1.56 bits per heavy atom. The van der Waals surface area contributed by atoms with Gasteiger partial charge in [0.05, 0.1) is 5.75 Å². The van der Waals surface area contributed by atoms with Crippen LogP contribution in [0.2, 0.25) is 0 Å². The first-order valence-corrected chi connectivity index (χ1v) is 7.94. The fraction of sp³-hybridized carbons (Fsp3) is 0.462. The second-order valence-corrected chi connectivity index (χ2v) is 6.81. The van der Waals surface area contributed by atoms with Crippen molar-refractivity contribution >= 4 is 45.9 Å². The molecule has 5 heteroatoms. The Bertz CT molecular complexity index is 412. The molecule has 0 bridgehead atoms. The highest BCUT2D eigenvalue weighted by Crippen LogP contribution is 2.19. The Kier molecular flexibility index (Phi) is 7.03. The molecule has 1 aromatic carbocycles. The summed E-state index contributed by atoms with van der Waals surface area (Å²) in [5.41, 5.74) is 1.94. The minimum absolute atomic E-state index is 0.00842. The maximum Gasteiger partial charge on any atom is 0.234 e. The zero-order chi connectivity index (χ0) is 13.5. The third kappa shape index (κ3) is 5.58. The average molecular weight is 379 g/mol. The largest absolute Gasteiger partial charge is 0.396 e. The number of halogens is 1. The molecule has 1 amide bonds. The van der Waals surface area contributed by atoms with Crippen molar-refractivity contribution < 1.29 is 9.90 Å². The average Bonchev–Trinajstić information content (AvgIpc) is 2.31. The third-order valence-corrected chi connectivity index (χ3v) is 4.40. The smallest absolute Gasteiger partial charge is 0.234 e. The number of benzene rings is 1. The van der Waals surface area contributed by atoms with Gasteiger partial charge in [-0.05, 0) is 59.7 Å². The van der Waals surface area contributed by atoms with E-state index in [-0.39, 0.29) is 12.5 Å². The lowest BCUT2D eigenvalue weighted by molar-refractivity contribution is -0.113. The number of carbonyl (C=O) groups excluding carboxylic acids is 1. The van der Waals surface area contributed by atoms with Gasteiger partial charge in [-0.3, -0.25) is 4.79 Å². The van der Waals surface area contributed by atoms with Crippen molar-refractivity contribution in [2.24, 2.45) is 0 Å². The van der Waals surface area contributed by atoms with Gasteiger partial charge in [0.15, 0.2) is 0 Å². The van der Waals surface area contributed by atoms with Crippen molar-refractivity contribution in [3.63, 3.8) is 0 Å². The van der Waals surface area contributed by atoms with E-state index in [1.54, 1.807) is 11.8 Å². The highest BCUT2D eigenvalue weighted by molar-refractivity contribution is 14.1. The molecule has 1 aromatic rings. The molecule has 0 aliphatic carbocycles. The number of aliphatic hydroxyl groups excluding tert-OH is 1. The van der Waals surface area contributed by atoms with Crippen LogP contribution in [0.1, 0.15) is 18.9 Å². The predicted molar refractivity (Wildman–Crippen MR) is 86.1 cm³/mol. The van der Waals surface area contributed by atoms with Crippen LogP contribution < -0.4 is 5.32 Å². The van der Waals surface area contributed by atoms with Gasteiger partial charge in [0, 0.05) is 21.1 Å². The van der Waals surface area contributed by atoms with E-state index in [1.807, 2.05) is 32.0 Å². The summed E-state index contributed by atoms with van der Waals surface area (Å²) in [5.74, 6) is 0.432. The molecule has 0 saturated heterocycles. The number of thioether (sulfide) groups is 1. The number of anilines is 1. The van der Waals surface area contributed by atoms with E-state index in [0.717, 1.165) is 21.2 Å². The second kappa shape index (κ2) is 8.01. The van der Waals surface area contributed by atoms with Crippen LogP contribution in [0.5, 0.6) is 0 Å². The van der Waals surface area contributed by atoms with Gasteiger partial charge in [-0.15, -0.1) is 11.8 Å². The van der Waals surface area contributed by atoms with Gasteiger partial charge < -0.3 is 10.4 Å². The summed E-state index contributed by atoms with van der Waals surface area (Å²) in [5, 5.41) is 12.0. The number of rotatable bonds is 6. The zero-order valence-electron chi connectivity index (χ0n) is 10.6. The van der Waals surface area contributed by atoms with Crippen molar-refractivity contribution in [3.05, 3.63) is 27.3 Å². The Hall–Kier alpha value is -0.270. The molecule has 0 radical (unpaired) electrons. The normalized spacial score (nSPS) is 12.2. The Balaban J connectivity index is 2.44. The van der Waals surface area contributed by atoms with Gasteiger partial charge in [0.2, 0.25) is 5.91 Å². The number of aryl methyl sites for hydroxylation is 1. The molecule has 0 aliphatic heterocycles. The van der Waals surface area contributed by atoms with Crippen LogP contribution in [-0.4, -0.2) is 28.6 Å². The lowest BCUT2D eigenvalue weighted by atomic mass is 10.2. The topological polar surface area (TPSA) is 49.3 Å². The Morgan fingerprint density at radius 2 is 2.28 bits per heavy atom. The molecule has 1 unspecified atom stereocenters. The van der Waals surface area contributed by atoms with Crippen molar-refractivity contribution in [2.45, 2.75) is 25.5 Å². The summed E-state index contributed by atoms with van der Waals surface area (Å²) >= 11 is 3.81. The van der Waals surface area contributed by atoms with Crippen molar-refractivity contribution in [2.75, 3.05) is 17.7 Å². The monoisotopic (exact) mass is 379 g/mol. The van der Waals surface area contributed by atoms with Crippen LogP contribution in [0.3, 0.4) is 0 Å². The van der Waals surface area contributed by atoms with Crippen molar-refractivity contribution in [3.8, 4) is 0 Å². The van der Waals surface area contributed by atoms with Crippen LogP contribution in [-0.2, 0) is 4.79 Å². The molecular formula is C13H18INO2S. The highest BCUT2D eigenvalue weighted by Gasteiger charge is 2.08. The number of carbonyl (C=O) groups is 1. The molecule has 0 aliphatic rings. The number of nitrogens with one attached hydrogen (secondary N) is 1. The molecule has 2 N–H and O–H groups in total. The third-order valence-electron chi connectivity index (χ3n) is 2.50. The van der Waals surface area contributed by atoms with E-state index >= 15 is 0 Å². The molecule has 1 rings (SSSR count). The van der Waals surface area contributed by atoms with Gasteiger partial charge >= 0.3 is 0 Å². The SMILES string of the molecule is Cc1cc(I)ccc1NC(=O)CSC(C)CCO. The lowest BCUT2D eigenvalue weighted by Gasteiger charge is -2.11. The van der Waals surface area contributed by atoms with Gasteiger partial charge in [-0.2, -0.15) is 0 Å². The molecule has 1 atom stereocenters. The molecule has 3 nitrogen and oxygen atoms in total. The Morgan fingerprint density at radius 3 is 2.89 bits per heavy atom. The highest BCUT2D eigenvalue weighted by atomic mass is 127. The van der Waals surface area contributed by atoms with Crippen LogP contribution in [0, 0.1) is 10.5 Å². The summed E-state index contributed by atoms with van der Waals surface area (Å²) in [4.78, 5) is 11.8. The quantitative estimate of drug-likeness (QED) is 0.747. The minimum Gasteiger partial charge on any atom is -0.396 e. The molecule has 18 heavy (non-hydrogen) atoms. The summed E-state index contributed by atoms with van der Waals surface area (Å²) in [6.07, 6.45) is 0.723. The molecule has 0 saturated carbocycles. The van der Waals surface area contributed by atoms with Gasteiger partial charge in [-0.1, -0.05) is 6.92 Å². The fourth-order valence-electron chi connectivity index (χ4n) is 1.44. The zero-order valence-corrected chi connectivity index (χ0v) is 13.5. The van der Waals surface area contributed by atoms with Crippen LogP contribution in [0.4, 0.5) is 5.69 Å². The molecule has 0 heterocycles. The maximum absolute atomic E-state index is 11.8. The standard InChI is InChI=1S/C13H18INO2S/c1-9-7-11(14)3-4-12(9)15-13(17)8-18-10(2)5-6-16/h3-4,7,10,16H,5-6,8H2,1-2H3,(H,15,17). The minimum atomic E-state index is 0.00842. The first-order valence-electron chi connectivity index (χ1n) is 5.81. The maximum atomic E-state index is 11.8. The van der Waals surface area contributed by atoms with Crippen LogP contribution >= 0.6 is 34.4 Å². The van der Waals surface area contributed by atoms with Gasteiger partial charge in [0.1, 0.15) is 0 Å². The van der Waals surface area contributed by atoms with E-state index in [4.69, 9.17) is 5.11 Å². The Labute approximate surface area is 126 Å². The van der Waals surface area contributed by atoms with Crippen LogP contribution in [0.25, 0.3) is 0 Å².